The van der Waals surface area contributed by atoms with E-state index in [1.54, 1.807) is 0 Å². The number of nitrogens with one attached hydrogen (secondary N) is 1. The van der Waals surface area contributed by atoms with Crippen molar-refractivity contribution in [3.05, 3.63) is 12.2 Å². The third-order valence-corrected chi connectivity index (χ3v) is 14.8. The molecule has 1 aliphatic rings. The molecule has 70 heavy (non-hydrogen) atoms. The molecule has 0 bridgehead atoms. The Balaban J connectivity index is 2.35. The molecule has 1 saturated heterocycles. The second kappa shape index (κ2) is 47.5. The molecule has 0 aromatic carbocycles. The van der Waals surface area contributed by atoms with Gasteiger partial charge in [0, 0.05) is 6.42 Å². The second-order valence-corrected chi connectivity index (χ2v) is 22.0. The minimum atomic E-state index is -5.08. The zero-order valence-corrected chi connectivity index (χ0v) is 45.9. The maximum Gasteiger partial charge on any atom is 0.397 e. The number of ether oxygens (including phenoxy) is 2. The Bertz CT molecular complexity index is 1290. The summed E-state index contributed by atoms with van der Waals surface area (Å²) in [5, 5.41) is 45.2. The van der Waals surface area contributed by atoms with E-state index in [0.717, 1.165) is 51.4 Å². The Morgan fingerprint density at radius 2 is 0.914 bits per heavy atom. The lowest BCUT2D eigenvalue weighted by Gasteiger charge is -2.41. The fraction of sp³-hybridized carbons (Fsp3) is 0.947. The smallest absolute Gasteiger partial charge is 0.394 e. The van der Waals surface area contributed by atoms with Gasteiger partial charge in [0.2, 0.25) is 5.91 Å². The minimum absolute atomic E-state index is 0.229. The lowest BCUT2D eigenvalue weighted by atomic mass is 9.99. The molecule has 0 aliphatic carbocycles. The summed E-state index contributed by atoms with van der Waals surface area (Å²) in [4.78, 5) is 13.2. The molecule has 0 aromatic heterocycles. The summed E-state index contributed by atoms with van der Waals surface area (Å²) in [7, 11) is -5.08. The first-order chi connectivity index (χ1) is 34.0. The van der Waals surface area contributed by atoms with E-state index in [1.165, 1.54) is 205 Å². The van der Waals surface area contributed by atoms with Gasteiger partial charge in [-0.05, 0) is 38.5 Å². The van der Waals surface area contributed by atoms with Gasteiger partial charge in [0.1, 0.15) is 24.4 Å². The molecule has 0 aromatic rings. The van der Waals surface area contributed by atoms with Crippen molar-refractivity contribution >= 4 is 16.3 Å². The summed E-state index contributed by atoms with van der Waals surface area (Å²) in [6, 6.07) is -0.859. The first-order valence-corrected chi connectivity index (χ1v) is 30.9. The summed E-state index contributed by atoms with van der Waals surface area (Å²) in [5.74, 6) is -0.229. The summed E-state index contributed by atoms with van der Waals surface area (Å²) in [6.07, 6.45) is 47.8. The highest BCUT2D eigenvalue weighted by atomic mass is 32.3. The van der Waals surface area contributed by atoms with E-state index in [-0.39, 0.29) is 18.9 Å². The topological polar surface area (TPSA) is 192 Å². The molecule has 12 nitrogen and oxygen atoms in total. The van der Waals surface area contributed by atoms with Gasteiger partial charge in [-0.15, -0.1) is 0 Å². The molecule has 416 valence electrons. The van der Waals surface area contributed by atoms with Crippen molar-refractivity contribution in [2.45, 2.75) is 333 Å². The van der Waals surface area contributed by atoms with Crippen LogP contribution in [0.3, 0.4) is 0 Å². The van der Waals surface area contributed by atoms with Crippen LogP contribution in [0.5, 0.6) is 0 Å². The summed E-state index contributed by atoms with van der Waals surface area (Å²) in [6.45, 7) is 3.50. The van der Waals surface area contributed by atoms with Gasteiger partial charge in [-0.25, -0.2) is 4.18 Å². The van der Waals surface area contributed by atoms with Crippen molar-refractivity contribution in [3.63, 3.8) is 0 Å². The summed E-state index contributed by atoms with van der Waals surface area (Å²) in [5.41, 5.74) is 0. The van der Waals surface area contributed by atoms with Gasteiger partial charge in [-0.2, -0.15) is 8.42 Å². The van der Waals surface area contributed by atoms with Crippen LogP contribution in [0.25, 0.3) is 0 Å². The van der Waals surface area contributed by atoms with Crippen molar-refractivity contribution in [3.8, 4) is 0 Å². The van der Waals surface area contributed by atoms with E-state index >= 15 is 0 Å². The number of carbonyl (C=O) groups excluding carboxylic acids is 1. The Morgan fingerprint density at radius 1 is 0.557 bits per heavy atom. The normalized spacial score (nSPS) is 19.6. The van der Waals surface area contributed by atoms with E-state index in [2.05, 4.69) is 35.5 Å². The molecule has 1 fully saturated rings. The third-order valence-electron chi connectivity index (χ3n) is 14.3. The van der Waals surface area contributed by atoms with E-state index in [4.69, 9.17) is 9.47 Å². The molecule has 1 rings (SSSR count). The number of rotatable bonds is 52. The van der Waals surface area contributed by atoms with Crippen molar-refractivity contribution in [1.82, 2.24) is 5.32 Å². The third kappa shape index (κ3) is 39.3. The number of amides is 1. The zero-order valence-electron chi connectivity index (χ0n) is 45.1. The maximum atomic E-state index is 13.2. The van der Waals surface area contributed by atoms with Crippen LogP contribution < -0.4 is 5.32 Å². The number of hydrogen-bond acceptors (Lipinski definition) is 10. The fourth-order valence-corrected chi connectivity index (χ4v) is 10.3. The Kier molecular flexibility index (Phi) is 45.4. The number of aliphatic hydroxyl groups is 4. The summed E-state index contributed by atoms with van der Waals surface area (Å²) < 4.78 is 47.9. The van der Waals surface area contributed by atoms with Crippen LogP contribution in [-0.4, -0.2) is 95.4 Å². The first kappa shape index (κ1) is 66.9. The lowest BCUT2D eigenvalue weighted by molar-refractivity contribution is -0.298. The van der Waals surface area contributed by atoms with Crippen LogP contribution in [-0.2, 0) is 28.9 Å². The quantitative estimate of drug-likeness (QED) is 0.0193. The largest absolute Gasteiger partial charge is 0.397 e. The SMILES string of the molecule is CCCCCCCCCCCC/C=C\CCCCCCCCCC(=O)NC(COC1OC(CO)C(O)C(OS(=O)(=O)O)C1O)C(O)CCCCCCCCCCCCCCCCCCCCCCCC. The molecule has 7 unspecified atom stereocenters. The first-order valence-electron chi connectivity index (χ1n) is 29.6. The van der Waals surface area contributed by atoms with Gasteiger partial charge in [0.05, 0.1) is 25.4 Å². The van der Waals surface area contributed by atoms with Crippen molar-refractivity contribution in [1.29, 1.82) is 0 Å². The van der Waals surface area contributed by atoms with Crippen LogP contribution in [0.4, 0.5) is 0 Å². The highest BCUT2D eigenvalue weighted by Gasteiger charge is 2.48. The Morgan fingerprint density at radius 3 is 1.29 bits per heavy atom. The van der Waals surface area contributed by atoms with Crippen LogP contribution in [0, 0.1) is 0 Å². The minimum Gasteiger partial charge on any atom is -0.394 e. The number of carbonyl (C=O) groups is 1. The van der Waals surface area contributed by atoms with Crippen molar-refractivity contribution in [2.75, 3.05) is 13.2 Å². The molecule has 6 N–H and O–H groups in total. The van der Waals surface area contributed by atoms with E-state index in [1.807, 2.05) is 0 Å². The Labute approximate surface area is 430 Å². The molecule has 7 atom stereocenters. The highest BCUT2D eigenvalue weighted by Crippen LogP contribution is 2.26. The highest BCUT2D eigenvalue weighted by molar-refractivity contribution is 7.80. The van der Waals surface area contributed by atoms with Gasteiger partial charge in [-0.1, -0.05) is 257 Å². The van der Waals surface area contributed by atoms with Crippen molar-refractivity contribution in [2.24, 2.45) is 0 Å². The average molecular weight is 1020 g/mol. The predicted octanol–water partition coefficient (Wildman–Crippen LogP) is 13.8. The van der Waals surface area contributed by atoms with Crippen molar-refractivity contribution < 1.29 is 51.8 Å². The number of allylic oxidation sites excluding steroid dienone is 2. The van der Waals surface area contributed by atoms with E-state index in [0.29, 0.717) is 12.8 Å². The second-order valence-electron chi connectivity index (χ2n) is 20.9. The number of hydrogen-bond donors (Lipinski definition) is 6. The number of unbranched alkanes of at least 4 members (excludes halogenated alkanes) is 38. The lowest BCUT2D eigenvalue weighted by Crippen LogP contribution is -2.61. The molecular formula is C57H111NO11S. The van der Waals surface area contributed by atoms with Gasteiger partial charge in [0.15, 0.2) is 6.29 Å². The average Bonchev–Trinajstić information content (AvgIpc) is 3.33. The molecule has 13 heteroatoms. The van der Waals surface area contributed by atoms with Gasteiger partial charge in [0.25, 0.3) is 0 Å². The van der Waals surface area contributed by atoms with Gasteiger partial charge >= 0.3 is 10.4 Å². The molecule has 1 amide bonds. The molecule has 0 spiro atoms. The Hall–Kier alpha value is -1.16. The molecule has 1 heterocycles. The maximum absolute atomic E-state index is 13.2. The van der Waals surface area contributed by atoms with Crippen LogP contribution in [0.1, 0.15) is 290 Å². The standard InChI is InChI=1S/C57H111NO11S/c1-3-5-7-9-11-13-15-17-19-21-23-25-27-28-30-32-34-36-38-40-42-44-46-51(60)50(49-67-57-55(63)56(69-70(64,65)66)54(62)52(48-59)68-57)58-53(61)47-45-43-41-39-37-35-33-31-29-26-24-22-20-18-16-14-12-10-8-6-4-2/h26,29,50-52,54-57,59-60,62-63H,3-25,27-28,30-49H2,1-2H3,(H,58,61)(H,64,65,66)/b29-26-. The fourth-order valence-electron chi connectivity index (χ4n) is 9.75. The number of aliphatic hydroxyl groups excluding tert-OH is 4. The summed E-state index contributed by atoms with van der Waals surface area (Å²) >= 11 is 0. The molecule has 0 radical (unpaired) electrons. The van der Waals surface area contributed by atoms with Crippen LogP contribution in [0.2, 0.25) is 0 Å². The molecule has 0 saturated carbocycles. The van der Waals surface area contributed by atoms with Gasteiger partial charge in [-0.3, -0.25) is 9.35 Å². The monoisotopic (exact) mass is 1020 g/mol. The molecular weight excluding hydrogens is 907 g/mol. The van der Waals surface area contributed by atoms with E-state index < -0.39 is 59.9 Å². The van der Waals surface area contributed by atoms with E-state index in [9.17, 15) is 38.2 Å². The predicted molar refractivity (Wildman–Crippen MR) is 287 cm³/mol. The van der Waals surface area contributed by atoms with Crippen LogP contribution >= 0.6 is 0 Å². The van der Waals surface area contributed by atoms with Gasteiger partial charge < -0.3 is 35.2 Å². The zero-order chi connectivity index (χ0) is 51.2. The van der Waals surface area contributed by atoms with Crippen LogP contribution in [0.15, 0.2) is 12.2 Å². The molecule has 1 aliphatic heterocycles.